The van der Waals surface area contributed by atoms with Gasteiger partial charge in [-0.25, -0.2) is 0 Å². The molecule has 2 aromatic carbocycles. The Kier molecular flexibility index (Phi) is 8.49. The van der Waals surface area contributed by atoms with Crippen molar-refractivity contribution in [3.63, 3.8) is 0 Å². The van der Waals surface area contributed by atoms with Crippen molar-refractivity contribution in [1.29, 1.82) is 0 Å². The van der Waals surface area contributed by atoms with Crippen molar-refractivity contribution in [2.75, 3.05) is 11.9 Å². The minimum atomic E-state index is -0.156. The summed E-state index contributed by atoms with van der Waals surface area (Å²) in [7, 11) is 0. The molecule has 2 amide bonds. The van der Waals surface area contributed by atoms with Crippen LogP contribution in [0.3, 0.4) is 0 Å². The zero-order valence-electron chi connectivity index (χ0n) is 18.4. The molecule has 1 aliphatic heterocycles. The van der Waals surface area contributed by atoms with Crippen molar-refractivity contribution in [2.24, 2.45) is 0 Å². The molecule has 3 aromatic rings. The average molecular weight is 527 g/mol. The Morgan fingerprint density at radius 3 is 2.79 bits per heavy atom. The number of aryl methyl sites for hydroxylation is 1. The lowest BCUT2D eigenvalue weighted by Crippen LogP contribution is -2.29. The molecule has 0 saturated carbocycles. The maximum atomic E-state index is 12.7. The van der Waals surface area contributed by atoms with Gasteiger partial charge in [-0.3, -0.25) is 14.5 Å². The molecule has 0 unspecified atom stereocenters. The number of nitrogens with zero attached hydrogens (tertiary/aromatic N) is 3. The van der Waals surface area contributed by atoms with Crippen molar-refractivity contribution in [3.05, 3.63) is 76.2 Å². The molecule has 1 aliphatic rings. The number of hydrogen-bond donors (Lipinski definition) is 1. The van der Waals surface area contributed by atoms with Crippen LogP contribution in [-0.2, 0) is 15.3 Å². The Balaban J connectivity index is 1.22. The van der Waals surface area contributed by atoms with Crippen LogP contribution >= 0.6 is 47.1 Å². The van der Waals surface area contributed by atoms with Gasteiger partial charge in [-0.1, -0.05) is 107 Å². The first-order valence-corrected chi connectivity index (χ1v) is 13.6. The van der Waals surface area contributed by atoms with Gasteiger partial charge < -0.3 is 5.32 Å². The van der Waals surface area contributed by atoms with Gasteiger partial charge in [-0.05, 0) is 30.5 Å². The third-order valence-corrected chi connectivity index (χ3v) is 8.28. The van der Waals surface area contributed by atoms with Crippen LogP contribution in [0.25, 0.3) is 6.08 Å². The smallest absolute Gasteiger partial charge is 0.266 e. The lowest BCUT2D eigenvalue weighted by molar-refractivity contribution is -0.122. The molecule has 2 heterocycles. The van der Waals surface area contributed by atoms with E-state index in [0.29, 0.717) is 27.3 Å². The SMILES string of the molecule is Cc1cccc(CSc2nnc(NC(=O)CCCN3C(=O)/C(=C/c4ccccc4)SC3=S)s2)c1. The molecule has 0 atom stereocenters. The van der Waals surface area contributed by atoms with E-state index in [0.717, 1.165) is 15.7 Å². The predicted octanol–water partition coefficient (Wildman–Crippen LogP) is 5.76. The van der Waals surface area contributed by atoms with E-state index in [4.69, 9.17) is 12.2 Å². The Morgan fingerprint density at radius 2 is 2.00 bits per heavy atom. The number of rotatable bonds is 9. The second-order valence-electron chi connectivity index (χ2n) is 7.55. The van der Waals surface area contributed by atoms with Crippen LogP contribution in [0.2, 0.25) is 0 Å². The second-order valence-corrected chi connectivity index (χ2v) is 11.4. The number of thiocarbonyl (C=S) groups is 1. The normalized spacial score (nSPS) is 14.7. The van der Waals surface area contributed by atoms with Gasteiger partial charge in [0.25, 0.3) is 5.91 Å². The molecule has 0 bridgehead atoms. The first-order chi connectivity index (χ1) is 16.5. The molecule has 0 radical (unpaired) electrons. The summed E-state index contributed by atoms with van der Waals surface area (Å²) in [6.07, 6.45) is 2.61. The van der Waals surface area contributed by atoms with Gasteiger partial charge in [-0.15, -0.1) is 10.2 Å². The molecule has 1 fully saturated rings. The van der Waals surface area contributed by atoms with Gasteiger partial charge in [-0.2, -0.15) is 0 Å². The molecule has 1 aromatic heterocycles. The number of aromatic nitrogens is 2. The molecule has 0 spiro atoms. The highest BCUT2D eigenvalue weighted by molar-refractivity contribution is 8.26. The Morgan fingerprint density at radius 1 is 1.18 bits per heavy atom. The molecule has 6 nitrogen and oxygen atoms in total. The minimum Gasteiger partial charge on any atom is -0.301 e. The minimum absolute atomic E-state index is 0.112. The van der Waals surface area contributed by atoms with Crippen LogP contribution in [0.5, 0.6) is 0 Å². The number of amides is 2. The Labute approximate surface area is 216 Å². The fourth-order valence-corrected chi connectivity index (χ4v) is 6.26. The number of carbonyl (C=O) groups is 2. The highest BCUT2D eigenvalue weighted by atomic mass is 32.2. The summed E-state index contributed by atoms with van der Waals surface area (Å²) in [4.78, 5) is 27.2. The monoisotopic (exact) mass is 526 g/mol. The standard InChI is InChI=1S/C24H22N4O2S4/c1-16-7-5-10-18(13-16)15-32-23-27-26-22(34-23)25-20(29)11-6-12-28-21(30)19(33-24(28)31)14-17-8-3-2-4-9-17/h2-5,7-10,13-14H,6,11-12,15H2,1H3,(H,25,26,29)/b19-14-. The first-order valence-electron chi connectivity index (χ1n) is 10.6. The van der Waals surface area contributed by atoms with Gasteiger partial charge in [0.2, 0.25) is 11.0 Å². The molecule has 34 heavy (non-hydrogen) atoms. The van der Waals surface area contributed by atoms with E-state index >= 15 is 0 Å². The van der Waals surface area contributed by atoms with Gasteiger partial charge in [0.15, 0.2) is 4.34 Å². The van der Waals surface area contributed by atoms with Crippen molar-refractivity contribution >= 4 is 74.4 Å². The van der Waals surface area contributed by atoms with Crippen molar-refractivity contribution < 1.29 is 9.59 Å². The van der Waals surface area contributed by atoms with Crippen LogP contribution < -0.4 is 5.32 Å². The topological polar surface area (TPSA) is 75.2 Å². The van der Waals surface area contributed by atoms with Gasteiger partial charge in [0.05, 0.1) is 4.91 Å². The number of hydrogen-bond acceptors (Lipinski definition) is 8. The van der Waals surface area contributed by atoms with E-state index in [2.05, 4.69) is 40.6 Å². The van der Waals surface area contributed by atoms with Crippen LogP contribution in [0, 0.1) is 6.92 Å². The molecule has 174 valence electrons. The highest BCUT2D eigenvalue weighted by Gasteiger charge is 2.31. The highest BCUT2D eigenvalue weighted by Crippen LogP contribution is 2.33. The number of anilines is 1. The largest absolute Gasteiger partial charge is 0.301 e. The number of nitrogens with one attached hydrogen (secondary N) is 1. The van der Waals surface area contributed by atoms with E-state index in [-0.39, 0.29) is 18.2 Å². The van der Waals surface area contributed by atoms with Crippen molar-refractivity contribution in [1.82, 2.24) is 15.1 Å². The first kappa shape index (κ1) is 24.6. The summed E-state index contributed by atoms with van der Waals surface area (Å²) in [5.41, 5.74) is 3.40. The van der Waals surface area contributed by atoms with Gasteiger partial charge in [0, 0.05) is 18.7 Å². The van der Waals surface area contributed by atoms with E-state index in [1.165, 1.54) is 34.2 Å². The predicted molar refractivity (Wildman–Crippen MR) is 145 cm³/mol. The Hall–Kier alpha value is -2.53. The second kappa shape index (κ2) is 11.7. The van der Waals surface area contributed by atoms with Crippen LogP contribution in [0.1, 0.15) is 29.5 Å². The van der Waals surface area contributed by atoms with Gasteiger partial charge in [0.1, 0.15) is 4.32 Å². The third kappa shape index (κ3) is 6.75. The van der Waals surface area contributed by atoms with E-state index < -0.39 is 0 Å². The van der Waals surface area contributed by atoms with Gasteiger partial charge >= 0.3 is 0 Å². The van der Waals surface area contributed by atoms with E-state index in [9.17, 15) is 9.59 Å². The lowest BCUT2D eigenvalue weighted by atomic mass is 10.2. The fourth-order valence-electron chi connectivity index (χ4n) is 3.24. The molecular formula is C24H22N4O2S4. The number of carbonyl (C=O) groups excluding carboxylic acids is 2. The average Bonchev–Trinajstić information content (AvgIpc) is 3.37. The van der Waals surface area contributed by atoms with Crippen molar-refractivity contribution in [3.8, 4) is 0 Å². The molecule has 10 heteroatoms. The van der Waals surface area contributed by atoms with Crippen molar-refractivity contribution in [2.45, 2.75) is 29.9 Å². The molecule has 1 saturated heterocycles. The molecule has 1 N–H and O–H groups in total. The third-order valence-electron chi connectivity index (χ3n) is 4.85. The maximum absolute atomic E-state index is 12.7. The zero-order chi connectivity index (χ0) is 23.9. The summed E-state index contributed by atoms with van der Waals surface area (Å²) in [6.45, 7) is 2.47. The maximum Gasteiger partial charge on any atom is 0.266 e. The summed E-state index contributed by atoms with van der Waals surface area (Å²) in [5, 5.41) is 11.5. The van der Waals surface area contributed by atoms with Crippen LogP contribution in [0.4, 0.5) is 5.13 Å². The lowest BCUT2D eigenvalue weighted by Gasteiger charge is -2.13. The molecule has 0 aliphatic carbocycles. The summed E-state index contributed by atoms with van der Waals surface area (Å²) in [5.74, 6) is 0.530. The summed E-state index contributed by atoms with van der Waals surface area (Å²) >= 11 is 9.62. The quantitative estimate of drug-likeness (QED) is 0.164. The molecular weight excluding hydrogens is 505 g/mol. The zero-order valence-corrected chi connectivity index (χ0v) is 21.7. The fraction of sp³-hybridized carbons (Fsp3) is 0.208. The molecule has 4 rings (SSSR count). The Bertz CT molecular complexity index is 1230. The number of benzene rings is 2. The van der Waals surface area contributed by atoms with Crippen LogP contribution in [0.15, 0.2) is 63.8 Å². The van der Waals surface area contributed by atoms with Crippen LogP contribution in [-0.4, -0.2) is 37.8 Å². The number of thioether (sulfide) groups is 2. The van der Waals surface area contributed by atoms with E-state index in [1.807, 2.05) is 42.5 Å². The summed E-state index contributed by atoms with van der Waals surface area (Å²) < 4.78 is 1.33. The summed E-state index contributed by atoms with van der Waals surface area (Å²) in [6, 6.07) is 18.0. The van der Waals surface area contributed by atoms with E-state index in [1.54, 1.807) is 16.7 Å².